The zero-order chi connectivity index (χ0) is 13.3. The Labute approximate surface area is 113 Å². The van der Waals surface area contributed by atoms with Crippen LogP contribution in [0.25, 0.3) is 10.7 Å². The highest BCUT2D eigenvalue weighted by Gasteiger charge is 2.36. The van der Waals surface area contributed by atoms with Crippen molar-refractivity contribution in [3.63, 3.8) is 0 Å². The molecule has 1 fully saturated rings. The molecule has 1 aliphatic rings. The minimum Gasteiger partial charge on any atom is -0.261 e. The van der Waals surface area contributed by atoms with Gasteiger partial charge in [-0.05, 0) is 12.8 Å². The molecule has 0 bridgehead atoms. The highest BCUT2D eigenvalue weighted by atomic mass is 32.1. The topological polar surface area (TPSA) is 38.7 Å². The lowest BCUT2D eigenvalue weighted by atomic mass is 9.85. The third-order valence-corrected chi connectivity index (χ3v) is 4.32. The number of nitrogens with zero attached hydrogens (tertiary/aromatic N) is 3. The number of hydrogen-bond donors (Lipinski definition) is 0. The van der Waals surface area contributed by atoms with Gasteiger partial charge in [0.1, 0.15) is 10.7 Å². The predicted molar refractivity (Wildman–Crippen MR) is 69.3 cm³/mol. The second-order valence-corrected chi connectivity index (χ2v) is 5.66. The fourth-order valence-corrected chi connectivity index (χ4v) is 3.20. The number of rotatable bonds is 2. The fraction of sp³-hybridized carbons (Fsp3) is 0.462. The normalized spacial score (nSPS) is 19.5. The molecule has 19 heavy (non-hydrogen) atoms. The fourth-order valence-electron chi connectivity index (χ4n) is 2.34. The molecule has 2 aromatic rings. The molecule has 0 aromatic carbocycles. The van der Waals surface area contributed by atoms with Gasteiger partial charge < -0.3 is 0 Å². The van der Waals surface area contributed by atoms with Crippen LogP contribution in [0.4, 0.5) is 8.78 Å². The van der Waals surface area contributed by atoms with Crippen LogP contribution in [0, 0.1) is 0 Å². The Bertz CT molecular complexity index is 546. The molecule has 2 aromatic heterocycles. The van der Waals surface area contributed by atoms with Gasteiger partial charge in [0.25, 0.3) is 0 Å². The van der Waals surface area contributed by atoms with Crippen LogP contribution >= 0.6 is 11.3 Å². The maximum atomic E-state index is 13.1. The first-order valence-electron chi connectivity index (χ1n) is 6.24. The first-order valence-corrected chi connectivity index (χ1v) is 7.12. The van der Waals surface area contributed by atoms with E-state index >= 15 is 0 Å². The third-order valence-electron chi connectivity index (χ3n) is 3.44. The zero-order valence-electron chi connectivity index (χ0n) is 10.2. The third kappa shape index (κ3) is 2.78. The molecule has 0 saturated heterocycles. The Morgan fingerprint density at radius 1 is 1.21 bits per heavy atom. The molecule has 3 nitrogen and oxygen atoms in total. The highest BCUT2D eigenvalue weighted by molar-refractivity contribution is 7.13. The van der Waals surface area contributed by atoms with E-state index in [4.69, 9.17) is 0 Å². The zero-order valence-corrected chi connectivity index (χ0v) is 11.0. The summed E-state index contributed by atoms with van der Waals surface area (Å²) in [5.41, 5.74) is 1.65. The number of halogens is 2. The summed E-state index contributed by atoms with van der Waals surface area (Å²) in [6, 6.07) is 0. The van der Waals surface area contributed by atoms with Crippen molar-refractivity contribution in [1.82, 2.24) is 15.0 Å². The molecule has 0 amide bonds. The molecule has 2 heterocycles. The molecular weight excluding hydrogens is 268 g/mol. The van der Waals surface area contributed by atoms with Crippen LogP contribution in [0.5, 0.6) is 0 Å². The number of hydrogen-bond acceptors (Lipinski definition) is 4. The van der Waals surface area contributed by atoms with E-state index in [0.717, 1.165) is 16.4 Å². The Kier molecular flexibility index (Phi) is 3.26. The average Bonchev–Trinajstić information content (AvgIpc) is 2.89. The molecule has 0 radical (unpaired) electrons. The summed E-state index contributed by atoms with van der Waals surface area (Å²) >= 11 is 1.50. The van der Waals surface area contributed by atoms with Gasteiger partial charge >= 0.3 is 0 Å². The molecule has 6 heteroatoms. The Morgan fingerprint density at radius 2 is 2.00 bits per heavy atom. The second-order valence-electron chi connectivity index (χ2n) is 4.80. The van der Waals surface area contributed by atoms with Gasteiger partial charge in [0, 0.05) is 36.5 Å². The van der Waals surface area contributed by atoms with E-state index < -0.39 is 5.92 Å². The van der Waals surface area contributed by atoms with Gasteiger partial charge in [-0.1, -0.05) is 0 Å². The molecule has 3 rings (SSSR count). The molecule has 0 N–H and O–H groups in total. The monoisotopic (exact) mass is 281 g/mol. The first kappa shape index (κ1) is 12.6. The van der Waals surface area contributed by atoms with Crippen LogP contribution in [0.1, 0.15) is 37.3 Å². The van der Waals surface area contributed by atoms with Gasteiger partial charge in [0.2, 0.25) is 5.92 Å². The van der Waals surface area contributed by atoms with Crippen LogP contribution in [0.15, 0.2) is 24.0 Å². The lowest BCUT2D eigenvalue weighted by Crippen LogP contribution is -2.23. The summed E-state index contributed by atoms with van der Waals surface area (Å²) in [4.78, 5) is 12.7. The lowest BCUT2D eigenvalue weighted by molar-refractivity contribution is -0.0384. The smallest absolute Gasteiger partial charge is 0.248 e. The second kappa shape index (κ2) is 4.92. The SMILES string of the molecule is FC1(F)CCC(c2csc(-c3cnccn3)n2)CC1. The van der Waals surface area contributed by atoms with E-state index in [0.29, 0.717) is 12.8 Å². The number of alkyl halides is 2. The summed E-state index contributed by atoms with van der Waals surface area (Å²) in [7, 11) is 0. The quantitative estimate of drug-likeness (QED) is 0.838. The highest BCUT2D eigenvalue weighted by Crippen LogP contribution is 2.41. The van der Waals surface area contributed by atoms with Gasteiger partial charge in [-0.15, -0.1) is 11.3 Å². The Morgan fingerprint density at radius 3 is 2.68 bits per heavy atom. The Balaban J connectivity index is 1.76. The van der Waals surface area contributed by atoms with Crippen LogP contribution < -0.4 is 0 Å². The van der Waals surface area contributed by atoms with Crippen molar-refractivity contribution in [2.45, 2.75) is 37.5 Å². The molecule has 0 spiro atoms. The summed E-state index contributed by atoms with van der Waals surface area (Å²) in [6.07, 6.45) is 5.86. The molecule has 100 valence electrons. The molecule has 0 aliphatic heterocycles. The average molecular weight is 281 g/mol. The van der Waals surface area contributed by atoms with Crippen molar-refractivity contribution in [1.29, 1.82) is 0 Å². The maximum Gasteiger partial charge on any atom is 0.248 e. The lowest BCUT2D eigenvalue weighted by Gasteiger charge is -2.27. The van der Waals surface area contributed by atoms with Crippen molar-refractivity contribution in [3.8, 4) is 10.7 Å². The maximum absolute atomic E-state index is 13.1. The molecule has 0 atom stereocenters. The van der Waals surface area contributed by atoms with Gasteiger partial charge in [-0.3, -0.25) is 9.97 Å². The predicted octanol–water partition coefficient (Wildman–Crippen LogP) is 3.89. The standard InChI is InChI=1S/C13H13F2N3S/c14-13(15)3-1-9(2-4-13)11-8-19-12(18-11)10-7-16-5-6-17-10/h5-9H,1-4H2. The molecule has 0 unspecified atom stereocenters. The largest absolute Gasteiger partial charge is 0.261 e. The van der Waals surface area contributed by atoms with Crippen LogP contribution in [-0.2, 0) is 0 Å². The number of thiazole rings is 1. The summed E-state index contributed by atoms with van der Waals surface area (Å²) < 4.78 is 26.3. The molecule has 1 aliphatic carbocycles. The summed E-state index contributed by atoms with van der Waals surface area (Å²) in [6.45, 7) is 0. The molecule has 1 saturated carbocycles. The van der Waals surface area contributed by atoms with Crippen molar-refractivity contribution in [3.05, 3.63) is 29.7 Å². The molecular formula is C13H13F2N3S. The van der Waals surface area contributed by atoms with Crippen molar-refractivity contribution < 1.29 is 8.78 Å². The summed E-state index contributed by atoms with van der Waals surface area (Å²) in [5.74, 6) is -2.33. The van der Waals surface area contributed by atoms with Crippen molar-refractivity contribution in [2.24, 2.45) is 0 Å². The first-order chi connectivity index (χ1) is 9.14. The Hall–Kier alpha value is -1.43. The van der Waals surface area contributed by atoms with E-state index in [-0.39, 0.29) is 18.8 Å². The minimum atomic E-state index is -2.49. The summed E-state index contributed by atoms with van der Waals surface area (Å²) in [5, 5.41) is 2.76. The van der Waals surface area contributed by atoms with E-state index in [2.05, 4.69) is 15.0 Å². The van der Waals surface area contributed by atoms with E-state index in [1.54, 1.807) is 18.6 Å². The van der Waals surface area contributed by atoms with Crippen molar-refractivity contribution >= 4 is 11.3 Å². The number of aromatic nitrogens is 3. The minimum absolute atomic E-state index is 0.0321. The van der Waals surface area contributed by atoms with Gasteiger partial charge in [0.05, 0.1) is 11.9 Å². The van der Waals surface area contributed by atoms with E-state index in [1.165, 1.54) is 11.3 Å². The van der Waals surface area contributed by atoms with E-state index in [1.807, 2.05) is 5.38 Å². The van der Waals surface area contributed by atoms with Crippen LogP contribution in [0.3, 0.4) is 0 Å². The van der Waals surface area contributed by atoms with Gasteiger partial charge in [0.15, 0.2) is 0 Å². The van der Waals surface area contributed by atoms with Crippen LogP contribution in [0.2, 0.25) is 0 Å². The van der Waals surface area contributed by atoms with E-state index in [9.17, 15) is 8.78 Å². The van der Waals surface area contributed by atoms with Crippen molar-refractivity contribution in [2.75, 3.05) is 0 Å². The van der Waals surface area contributed by atoms with Gasteiger partial charge in [-0.2, -0.15) is 0 Å². The van der Waals surface area contributed by atoms with Gasteiger partial charge in [-0.25, -0.2) is 13.8 Å². The van der Waals surface area contributed by atoms with Crippen LogP contribution in [-0.4, -0.2) is 20.9 Å².